The average Bonchev–Trinajstić information content (AvgIpc) is 3.07. The van der Waals surface area contributed by atoms with Crippen molar-refractivity contribution in [1.29, 1.82) is 0 Å². The summed E-state index contributed by atoms with van der Waals surface area (Å²) >= 11 is 0. The maximum Gasteiger partial charge on any atom is 0.327 e. The van der Waals surface area contributed by atoms with E-state index in [0.717, 1.165) is 23.6 Å². The lowest BCUT2D eigenvalue weighted by Crippen LogP contribution is -2.49. The molecule has 3 amide bonds. The molecule has 3 rings (SSSR count). The Balaban J connectivity index is 1.80. The molecule has 0 aliphatic carbocycles. The number of likely N-dealkylation sites (tertiary alicyclic amines) is 1. The zero-order valence-corrected chi connectivity index (χ0v) is 12.8. The van der Waals surface area contributed by atoms with Crippen LogP contribution in [0, 0.1) is 13.8 Å². The first-order chi connectivity index (χ1) is 9.86. The lowest BCUT2D eigenvalue weighted by Gasteiger charge is -2.28. The van der Waals surface area contributed by atoms with Gasteiger partial charge in [-0.1, -0.05) is 5.16 Å². The number of likely N-dealkylation sites (N-methyl/N-ethyl adjacent to an activating group) is 2. The molecule has 2 aliphatic heterocycles. The first-order valence-corrected chi connectivity index (χ1v) is 7.07. The third kappa shape index (κ3) is 1.87. The van der Waals surface area contributed by atoms with E-state index in [2.05, 4.69) is 10.1 Å². The van der Waals surface area contributed by atoms with Crippen molar-refractivity contribution in [1.82, 2.24) is 19.9 Å². The van der Waals surface area contributed by atoms with Crippen molar-refractivity contribution < 1.29 is 14.1 Å². The zero-order chi connectivity index (χ0) is 15.4. The normalized spacial score (nSPS) is 26.7. The second-order valence-electron chi connectivity index (χ2n) is 6.00. The number of hydrogen-bond donors (Lipinski definition) is 0. The Bertz CT molecular complexity index is 592. The van der Waals surface area contributed by atoms with E-state index in [1.165, 1.54) is 4.90 Å². The molecule has 7 heteroatoms. The second kappa shape index (κ2) is 4.56. The van der Waals surface area contributed by atoms with E-state index in [1.807, 2.05) is 13.8 Å². The highest BCUT2D eigenvalue weighted by atomic mass is 16.5. The molecule has 0 radical (unpaired) electrons. The molecule has 0 N–H and O–H groups in total. The van der Waals surface area contributed by atoms with Crippen LogP contribution >= 0.6 is 0 Å². The molecule has 2 saturated heterocycles. The minimum Gasteiger partial charge on any atom is -0.361 e. The van der Waals surface area contributed by atoms with Crippen LogP contribution in [0.5, 0.6) is 0 Å². The Morgan fingerprint density at radius 1 is 1.29 bits per heavy atom. The maximum absolute atomic E-state index is 12.4. The molecule has 2 aliphatic rings. The molecular weight excluding hydrogens is 272 g/mol. The van der Waals surface area contributed by atoms with Gasteiger partial charge in [-0.25, -0.2) is 4.79 Å². The Hall–Kier alpha value is -1.89. The van der Waals surface area contributed by atoms with Crippen LogP contribution in [0.25, 0.3) is 0 Å². The molecule has 1 atom stereocenters. The molecule has 1 aromatic rings. The van der Waals surface area contributed by atoms with E-state index in [4.69, 9.17) is 4.52 Å². The fourth-order valence-electron chi connectivity index (χ4n) is 3.36. The van der Waals surface area contributed by atoms with Gasteiger partial charge in [0, 0.05) is 39.3 Å². The number of nitrogens with zero attached hydrogens (tertiary/aromatic N) is 4. The smallest absolute Gasteiger partial charge is 0.327 e. The standard InChI is InChI=1S/C14H20N4O3/c1-9-11(10(2)21-15-9)7-18-6-5-14(8-18)12(19)16(3)13(20)17(14)4/h5-8H2,1-4H3. The van der Waals surface area contributed by atoms with Crippen LogP contribution in [0.2, 0.25) is 0 Å². The Labute approximate surface area is 123 Å². The van der Waals surface area contributed by atoms with Crippen LogP contribution in [0.3, 0.4) is 0 Å². The highest BCUT2D eigenvalue weighted by molar-refractivity contribution is 6.07. The van der Waals surface area contributed by atoms with Crippen LogP contribution in [-0.4, -0.2) is 64.5 Å². The molecule has 0 aromatic carbocycles. The van der Waals surface area contributed by atoms with E-state index in [1.54, 1.807) is 19.0 Å². The highest BCUT2D eigenvalue weighted by Gasteiger charge is 2.57. The number of urea groups is 1. The van der Waals surface area contributed by atoms with Gasteiger partial charge in [0.1, 0.15) is 11.3 Å². The molecule has 3 heterocycles. The van der Waals surface area contributed by atoms with Gasteiger partial charge >= 0.3 is 6.03 Å². The summed E-state index contributed by atoms with van der Waals surface area (Å²) in [5.41, 5.74) is 1.25. The summed E-state index contributed by atoms with van der Waals surface area (Å²) in [7, 11) is 3.26. The predicted molar refractivity (Wildman–Crippen MR) is 74.5 cm³/mol. The maximum atomic E-state index is 12.4. The molecular formula is C14H20N4O3. The quantitative estimate of drug-likeness (QED) is 0.753. The third-order valence-corrected chi connectivity index (χ3v) is 4.81. The fraction of sp³-hybridized carbons (Fsp3) is 0.643. The molecule has 7 nitrogen and oxygen atoms in total. The Morgan fingerprint density at radius 2 is 2.00 bits per heavy atom. The number of carbonyl (C=O) groups is 2. The molecule has 1 aromatic heterocycles. The summed E-state index contributed by atoms with van der Waals surface area (Å²) < 4.78 is 5.18. The largest absolute Gasteiger partial charge is 0.361 e. The van der Waals surface area contributed by atoms with Gasteiger partial charge in [0.25, 0.3) is 5.91 Å². The zero-order valence-electron chi connectivity index (χ0n) is 12.8. The van der Waals surface area contributed by atoms with Crippen molar-refractivity contribution in [3.63, 3.8) is 0 Å². The number of aryl methyl sites for hydroxylation is 2. The minimum absolute atomic E-state index is 0.101. The number of carbonyl (C=O) groups excluding carboxylic acids is 2. The van der Waals surface area contributed by atoms with Gasteiger partial charge in [0.15, 0.2) is 0 Å². The number of aromatic nitrogens is 1. The van der Waals surface area contributed by atoms with Gasteiger partial charge in [-0.2, -0.15) is 0 Å². The SMILES string of the molecule is Cc1noc(C)c1CN1CCC2(C1)C(=O)N(C)C(=O)N2C. The van der Waals surface area contributed by atoms with E-state index >= 15 is 0 Å². The predicted octanol–water partition coefficient (Wildman–Crippen LogP) is 0.760. The molecule has 0 saturated carbocycles. The molecule has 1 unspecified atom stereocenters. The van der Waals surface area contributed by atoms with Gasteiger partial charge in [0.2, 0.25) is 0 Å². The van der Waals surface area contributed by atoms with Crippen LogP contribution < -0.4 is 0 Å². The first-order valence-electron chi connectivity index (χ1n) is 7.07. The molecule has 114 valence electrons. The van der Waals surface area contributed by atoms with Gasteiger partial charge in [-0.15, -0.1) is 0 Å². The lowest BCUT2D eigenvalue weighted by molar-refractivity contribution is -0.131. The summed E-state index contributed by atoms with van der Waals surface area (Å²) in [5, 5.41) is 3.96. The van der Waals surface area contributed by atoms with Gasteiger partial charge in [0.05, 0.1) is 5.69 Å². The van der Waals surface area contributed by atoms with Crippen molar-refractivity contribution in [2.24, 2.45) is 0 Å². The lowest BCUT2D eigenvalue weighted by atomic mass is 9.97. The number of amides is 3. The third-order valence-electron chi connectivity index (χ3n) is 4.81. The Kier molecular flexibility index (Phi) is 3.05. The van der Waals surface area contributed by atoms with Crippen molar-refractivity contribution in [3.8, 4) is 0 Å². The van der Waals surface area contributed by atoms with E-state index in [9.17, 15) is 9.59 Å². The van der Waals surface area contributed by atoms with E-state index in [0.29, 0.717) is 19.5 Å². The number of hydrogen-bond acceptors (Lipinski definition) is 5. The minimum atomic E-state index is -0.704. The molecule has 21 heavy (non-hydrogen) atoms. The molecule has 0 bridgehead atoms. The fourth-order valence-corrected chi connectivity index (χ4v) is 3.36. The summed E-state index contributed by atoms with van der Waals surface area (Å²) in [5.74, 6) is 0.712. The van der Waals surface area contributed by atoms with E-state index < -0.39 is 5.54 Å². The van der Waals surface area contributed by atoms with Crippen LogP contribution in [-0.2, 0) is 11.3 Å². The Morgan fingerprint density at radius 3 is 2.52 bits per heavy atom. The highest BCUT2D eigenvalue weighted by Crippen LogP contribution is 2.35. The second-order valence-corrected chi connectivity index (χ2v) is 6.00. The van der Waals surface area contributed by atoms with Crippen LogP contribution in [0.15, 0.2) is 4.52 Å². The number of rotatable bonds is 2. The average molecular weight is 292 g/mol. The van der Waals surface area contributed by atoms with Crippen molar-refractivity contribution >= 4 is 11.9 Å². The van der Waals surface area contributed by atoms with Crippen molar-refractivity contribution in [2.45, 2.75) is 32.4 Å². The van der Waals surface area contributed by atoms with Gasteiger partial charge in [-0.3, -0.25) is 14.6 Å². The van der Waals surface area contributed by atoms with Crippen LogP contribution in [0.1, 0.15) is 23.4 Å². The summed E-state index contributed by atoms with van der Waals surface area (Å²) in [4.78, 5) is 29.4. The number of imide groups is 1. The van der Waals surface area contributed by atoms with Crippen LogP contribution in [0.4, 0.5) is 4.79 Å². The summed E-state index contributed by atoms with van der Waals surface area (Å²) in [6, 6.07) is -0.223. The first kappa shape index (κ1) is 14.1. The van der Waals surface area contributed by atoms with Crippen molar-refractivity contribution in [2.75, 3.05) is 27.2 Å². The van der Waals surface area contributed by atoms with Gasteiger partial charge < -0.3 is 9.42 Å². The van der Waals surface area contributed by atoms with E-state index in [-0.39, 0.29) is 11.9 Å². The van der Waals surface area contributed by atoms with Crippen molar-refractivity contribution in [3.05, 3.63) is 17.0 Å². The topological polar surface area (TPSA) is 69.9 Å². The van der Waals surface area contributed by atoms with Gasteiger partial charge in [-0.05, 0) is 20.3 Å². The monoisotopic (exact) mass is 292 g/mol. The summed E-state index contributed by atoms with van der Waals surface area (Å²) in [6.07, 6.45) is 0.668. The molecule has 1 spiro atoms. The molecule has 2 fully saturated rings. The summed E-state index contributed by atoms with van der Waals surface area (Å²) in [6.45, 7) is 5.85.